The summed E-state index contributed by atoms with van der Waals surface area (Å²) in [5.74, 6) is 1.07. The van der Waals surface area contributed by atoms with Crippen LogP contribution < -0.4 is 14.8 Å². The first-order valence-corrected chi connectivity index (χ1v) is 12.2. The van der Waals surface area contributed by atoms with Gasteiger partial charge in [-0.05, 0) is 84.4 Å². The van der Waals surface area contributed by atoms with Crippen LogP contribution in [0, 0.1) is 0 Å². The van der Waals surface area contributed by atoms with E-state index in [1.54, 1.807) is 0 Å². The quantitative estimate of drug-likeness (QED) is 0.327. The highest BCUT2D eigenvalue weighted by atomic mass is 79.9. The molecule has 1 heterocycles. The van der Waals surface area contributed by atoms with E-state index in [9.17, 15) is 4.79 Å². The van der Waals surface area contributed by atoms with E-state index in [0.717, 1.165) is 21.3 Å². The normalized spacial score (nSPS) is 15.7. The van der Waals surface area contributed by atoms with Gasteiger partial charge in [0, 0.05) is 9.50 Å². The van der Waals surface area contributed by atoms with Crippen molar-refractivity contribution in [2.45, 2.75) is 13.5 Å². The molecule has 0 aliphatic carbocycles. The third-order valence-electron chi connectivity index (χ3n) is 4.58. The first-order chi connectivity index (χ1) is 16.0. The number of nitrogens with zero attached hydrogens (tertiary/aromatic N) is 1. The molecular weight excluding hydrogens is 524 g/mol. The lowest BCUT2D eigenvalue weighted by Gasteiger charge is -2.13. The van der Waals surface area contributed by atoms with Crippen molar-refractivity contribution in [2.24, 2.45) is 4.99 Å². The van der Waals surface area contributed by atoms with Crippen molar-refractivity contribution in [2.75, 3.05) is 6.61 Å². The molecule has 1 amide bonds. The van der Waals surface area contributed by atoms with E-state index in [0.29, 0.717) is 39.8 Å². The smallest absolute Gasteiger partial charge is 0.264 e. The first kappa shape index (κ1) is 23.4. The SMILES string of the molecule is CCOc1cc(C=C2SC(=Nc3ccc(Br)cc3)NC2=O)ccc1OCc1ccc(Cl)cc1. The molecule has 3 aromatic carbocycles. The first-order valence-electron chi connectivity index (χ1n) is 10.2. The Morgan fingerprint density at radius 3 is 2.52 bits per heavy atom. The number of hydrogen-bond donors (Lipinski definition) is 1. The molecule has 0 unspecified atom stereocenters. The average Bonchev–Trinajstić information content (AvgIpc) is 3.14. The predicted octanol–water partition coefficient (Wildman–Crippen LogP) is 6.97. The highest BCUT2D eigenvalue weighted by molar-refractivity contribution is 9.10. The van der Waals surface area contributed by atoms with Crippen molar-refractivity contribution in [1.29, 1.82) is 0 Å². The van der Waals surface area contributed by atoms with Gasteiger partial charge in [-0.15, -0.1) is 0 Å². The molecule has 0 atom stereocenters. The van der Waals surface area contributed by atoms with Crippen LogP contribution in [0.2, 0.25) is 5.02 Å². The zero-order chi connectivity index (χ0) is 23.2. The van der Waals surface area contributed by atoms with E-state index < -0.39 is 0 Å². The van der Waals surface area contributed by atoms with Crippen LogP contribution in [0.5, 0.6) is 11.5 Å². The van der Waals surface area contributed by atoms with Gasteiger partial charge in [-0.3, -0.25) is 4.79 Å². The summed E-state index contributed by atoms with van der Waals surface area (Å²) in [4.78, 5) is 17.5. The molecule has 1 aliphatic heterocycles. The Morgan fingerprint density at radius 1 is 1.03 bits per heavy atom. The zero-order valence-corrected chi connectivity index (χ0v) is 20.8. The number of aliphatic imine (C=N–C) groups is 1. The summed E-state index contributed by atoms with van der Waals surface area (Å²) in [5, 5.41) is 4.04. The summed E-state index contributed by atoms with van der Waals surface area (Å²) in [7, 11) is 0. The third kappa shape index (κ3) is 6.41. The Kier molecular flexibility index (Phi) is 7.75. The van der Waals surface area contributed by atoms with Crippen molar-refractivity contribution < 1.29 is 14.3 Å². The second-order valence-electron chi connectivity index (χ2n) is 7.01. The van der Waals surface area contributed by atoms with E-state index in [-0.39, 0.29) is 5.91 Å². The highest BCUT2D eigenvalue weighted by Crippen LogP contribution is 2.33. The number of thioether (sulfide) groups is 1. The number of rotatable bonds is 7. The van der Waals surface area contributed by atoms with E-state index in [2.05, 4.69) is 26.2 Å². The molecule has 0 aromatic heterocycles. The van der Waals surface area contributed by atoms with Gasteiger partial charge in [-0.2, -0.15) is 0 Å². The number of ether oxygens (including phenoxy) is 2. The summed E-state index contributed by atoms with van der Waals surface area (Å²) in [6.45, 7) is 2.81. The second kappa shape index (κ2) is 10.9. The molecule has 33 heavy (non-hydrogen) atoms. The number of carbonyl (C=O) groups is 1. The van der Waals surface area contributed by atoms with Crippen molar-refractivity contribution in [3.8, 4) is 11.5 Å². The molecule has 168 valence electrons. The highest BCUT2D eigenvalue weighted by Gasteiger charge is 2.24. The van der Waals surface area contributed by atoms with Crippen LogP contribution in [0.4, 0.5) is 5.69 Å². The maximum Gasteiger partial charge on any atom is 0.264 e. The molecule has 1 N–H and O–H groups in total. The topological polar surface area (TPSA) is 59.9 Å². The van der Waals surface area contributed by atoms with Crippen LogP contribution >= 0.6 is 39.3 Å². The Morgan fingerprint density at radius 2 is 1.79 bits per heavy atom. The van der Waals surface area contributed by atoms with E-state index in [1.807, 2.05) is 79.7 Å². The average molecular weight is 544 g/mol. The predicted molar refractivity (Wildman–Crippen MR) is 138 cm³/mol. The van der Waals surface area contributed by atoms with Crippen molar-refractivity contribution in [3.05, 3.63) is 92.3 Å². The summed E-state index contributed by atoms with van der Waals surface area (Å²) in [6, 6.07) is 20.7. The van der Waals surface area contributed by atoms with Gasteiger partial charge in [0.2, 0.25) is 0 Å². The minimum Gasteiger partial charge on any atom is -0.490 e. The van der Waals surface area contributed by atoms with Gasteiger partial charge >= 0.3 is 0 Å². The molecule has 0 saturated carbocycles. The second-order valence-corrected chi connectivity index (χ2v) is 9.40. The fourth-order valence-electron chi connectivity index (χ4n) is 3.01. The van der Waals surface area contributed by atoms with Gasteiger partial charge in [0.05, 0.1) is 17.2 Å². The minimum absolute atomic E-state index is 0.183. The number of amides is 1. The molecule has 1 fully saturated rings. The summed E-state index contributed by atoms with van der Waals surface area (Å²) >= 11 is 10.6. The van der Waals surface area contributed by atoms with Crippen molar-refractivity contribution >= 4 is 62.1 Å². The maximum atomic E-state index is 12.4. The van der Waals surface area contributed by atoms with Gasteiger partial charge in [0.15, 0.2) is 16.7 Å². The van der Waals surface area contributed by atoms with Crippen LogP contribution in [0.3, 0.4) is 0 Å². The van der Waals surface area contributed by atoms with Gasteiger partial charge in [0.1, 0.15) is 6.61 Å². The molecule has 3 aromatic rings. The minimum atomic E-state index is -0.183. The molecule has 4 rings (SSSR count). The van der Waals surface area contributed by atoms with Gasteiger partial charge in [-0.1, -0.05) is 45.7 Å². The number of halogens is 2. The van der Waals surface area contributed by atoms with Crippen LogP contribution in [0.15, 0.2) is 81.1 Å². The monoisotopic (exact) mass is 542 g/mol. The number of nitrogens with one attached hydrogen (secondary N) is 1. The van der Waals surface area contributed by atoms with E-state index in [1.165, 1.54) is 11.8 Å². The van der Waals surface area contributed by atoms with Crippen LogP contribution in [-0.2, 0) is 11.4 Å². The van der Waals surface area contributed by atoms with Crippen LogP contribution in [0.25, 0.3) is 6.08 Å². The molecule has 1 saturated heterocycles. The number of benzene rings is 3. The summed E-state index contributed by atoms with van der Waals surface area (Å²) < 4.78 is 12.7. The summed E-state index contributed by atoms with van der Waals surface area (Å²) in [5.41, 5.74) is 2.60. The Labute approximate surface area is 210 Å². The maximum absolute atomic E-state index is 12.4. The third-order valence-corrected chi connectivity index (χ3v) is 6.27. The lowest BCUT2D eigenvalue weighted by molar-refractivity contribution is -0.115. The van der Waals surface area contributed by atoms with Crippen molar-refractivity contribution in [1.82, 2.24) is 5.32 Å². The lowest BCUT2D eigenvalue weighted by Crippen LogP contribution is -2.19. The standard InChI is InChI=1S/C25H20BrClN2O3S/c1-2-31-22-13-17(5-12-21(22)32-15-16-3-8-19(27)9-4-16)14-23-24(30)29-25(33-23)28-20-10-6-18(26)7-11-20/h3-14H,2,15H2,1H3,(H,28,29,30). The van der Waals surface area contributed by atoms with Crippen LogP contribution in [0.1, 0.15) is 18.1 Å². The largest absolute Gasteiger partial charge is 0.490 e. The molecule has 1 aliphatic rings. The number of hydrogen-bond acceptors (Lipinski definition) is 5. The summed E-state index contributed by atoms with van der Waals surface area (Å²) in [6.07, 6.45) is 1.82. The number of carbonyl (C=O) groups excluding carboxylic acids is 1. The molecule has 0 spiro atoms. The van der Waals surface area contributed by atoms with E-state index in [4.69, 9.17) is 21.1 Å². The molecule has 0 radical (unpaired) electrons. The van der Waals surface area contributed by atoms with Gasteiger partial charge in [0.25, 0.3) is 5.91 Å². The molecular formula is C25H20BrClN2O3S. The van der Waals surface area contributed by atoms with Gasteiger partial charge < -0.3 is 14.8 Å². The van der Waals surface area contributed by atoms with E-state index >= 15 is 0 Å². The fourth-order valence-corrected chi connectivity index (χ4v) is 4.24. The van der Waals surface area contributed by atoms with Crippen molar-refractivity contribution in [3.63, 3.8) is 0 Å². The Bertz CT molecular complexity index is 1210. The zero-order valence-electron chi connectivity index (χ0n) is 17.7. The molecule has 8 heteroatoms. The lowest BCUT2D eigenvalue weighted by atomic mass is 10.2. The Balaban J connectivity index is 1.49. The fraction of sp³-hybridized carbons (Fsp3) is 0.120. The van der Waals surface area contributed by atoms with Gasteiger partial charge in [-0.25, -0.2) is 4.99 Å². The molecule has 0 bridgehead atoms. The molecule has 5 nitrogen and oxygen atoms in total. The Hall–Kier alpha value is -2.74. The van der Waals surface area contributed by atoms with Crippen LogP contribution in [-0.4, -0.2) is 17.7 Å². The number of amidine groups is 1.